The standard InChI is InChI=1S/C18H27ClN6OS/c1-2-12-27-18-22-16(24-9-3-4-10-24)14-13-21-25(17(14)23-18)11-8-20-15(26)6-5-7-19/h13H,2-12H2,1H3,(H,20,26). The first-order valence-electron chi connectivity index (χ1n) is 9.67. The molecular weight excluding hydrogens is 384 g/mol. The number of rotatable bonds is 10. The number of alkyl halides is 1. The van der Waals surface area contributed by atoms with E-state index in [4.69, 9.17) is 21.6 Å². The van der Waals surface area contributed by atoms with Crippen molar-refractivity contribution >= 4 is 46.1 Å². The normalized spacial score (nSPS) is 14.2. The van der Waals surface area contributed by atoms with E-state index >= 15 is 0 Å². The van der Waals surface area contributed by atoms with Gasteiger partial charge in [-0.25, -0.2) is 14.6 Å². The number of nitrogens with zero attached hydrogens (tertiary/aromatic N) is 5. The van der Waals surface area contributed by atoms with E-state index in [1.54, 1.807) is 11.8 Å². The van der Waals surface area contributed by atoms with E-state index in [-0.39, 0.29) is 5.91 Å². The Morgan fingerprint density at radius 3 is 2.89 bits per heavy atom. The minimum Gasteiger partial charge on any atom is -0.356 e. The topological polar surface area (TPSA) is 75.9 Å². The van der Waals surface area contributed by atoms with Crippen LogP contribution in [0.5, 0.6) is 0 Å². The van der Waals surface area contributed by atoms with Crippen LogP contribution in [0.4, 0.5) is 5.82 Å². The van der Waals surface area contributed by atoms with E-state index in [9.17, 15) is 4.79 Å². The van der Waals surface area contributed by atoms with Gasteiger partial charge in [0.05, 0.1) is 18.1 Å². The van der Waals surface area contributed by atoms with E-state index < -0.39 is 0 Å². The smallest absolute Gasteiger partial charge is 0.220 e. The first-order chi connectivity index (χ1) is 13.2. The zero-order valence-corrected chi connectivity index (χ0v) is 17.4. The molecule has 0 aromatic carbocycles. The summed E-state index contributed by atoms with van der Waals surface area (Å²) in [4.78, 5) is 23.7. The Bertz CT molecular complexity index is 762. The van der Waals surface area contributed by atoms with Gasteiger partial charge in [-0.15, -0.1) is 11.6 Å². The third-order valence-electron chi connectivity index (χ3n) is 4.48. The Morgan fingerprint density at radius 1 is 1.33 bits per heavy atom. The average molecular weight is 411 g/mol. The summed E-state index contributed by atoms with van der Waals surface area (Å²) in [7, 11) is 0. The third-order valence-corrected chi connectivity index (χ3v) is 5.80. The molecule has 2 aromatic heterocycles. The molecule has 148 valence electrons. The second-order valence-corrected chi connectivity index (χ2v) is 8.06. The van der Waals surface area contributed by atoms with Crippen molar-refractivity contribution in [2.75, 3.05) is 36.2 Å². The van der Waals surface area contributed by atoms with Crippen LogP contribution in [-0.4, -0.2) is 56.9 Å². The van der Waals surface area contributed by atoms with Gasteiger partial charge in [-0.05, 0) is 25.7 Å². The van der Waals surface area contributed by atoms with Crippen LogP contribution in [0, 0.1) is 0 Å². The van der Waals surface area contributed by atoms with Crippen molar-refractivity contribution in [3.63, 3.8) is 0 Å². The van der Waals surface area contributed by atoms with Crippen molar-refractivity contribution in [3.05, 3.63) is 6.20 Å². The Kier molecular flexibility index (Phi) is 7.58. The van der Waals surface area contributed by atoms with Crippen LogP contribution in [0.2, 0.25) is 0 Å². The molecule has 0 bridgehead atoms. The number of aromatic nitrogens is 4. The van der Waals surface area contributed by atoms with Crippen LogP contribution in [0.15, 0.2) is 11.4 Å². The minimum atomic E-state index is 0.0266. The van der Waals surface area contributed by atoms with Gasteiger partial charge in [-0.3, -0.25) is 4.79 Å². The van der Waals surface area contributed by atoms with Gasteiger partial charge in [0.25, 0.3) is 0 Å². The lowest BCUT2D eigenvalue weighted by Gasteiger charge is -2.18. The number of hydrogen-bond donors (Lipinski definition) is 1. The van der Waals surface area contributed by atoms with E-state index in [2.05, 4.69) is 22.2 Å². The van der Waals surface area contributed by atoms with Crippen LogP contribution in [0.25, 0.3) is 11.0 Å². The lowest BCUT2D eigenvalue weighted by molar-refractivity contribution is -0.121. The molecule has 0 saturated carbocycles. The number of fused-ring (bicyclic) bond motifs is 1. The molecule has 2 aromatic rings. The fourth-order valence-electron chi connectivity index (χ4n) is 3.13. The molecule has 1 fully saturated rings. The van der Waals surface area contributed by atoms with Gasteiger partial charge >= 0.3 is 0 Å². The van der Waals surface area contributed by atoms with E-state index in [1.165, 1.54) is 12.8 Å². The predicted octanol–water partition coefficient (Wildman–Crippen LogP) is 3.06. The van der Waals surface area contributed by atoms with E-state index in [1.807, 2.05) is 10.9 Å². The highest BCUT2D eigenvalue weighted by Gasteiger charge is 2.20. The lowest BCUT2D eigenvalue weighted by atomic mass is 10.3. The maximum Gasteiger partial charge on any atom is 0.220 e. The molecule has 0 spiro atoms. The summed E-state index contributed by atoms with van der Waals surface area (Å²) in [6, 6.07) is 0. The van der Waals surface area contributed by atoms with Gasteiger partial charge in [0, 0.05) is 37.7 Å². The molecule has 3 rings (SSSR count). The molecule has 0 atom stereocenters. The fraction of sp³-hybridized carbons (Fsp3) is 0.667. The van der Waals surface area contributed by atoms with Crippen LogP contribution < -0.4 is 10.2 Å². The highest BCUT2D eigenvalue weighted by molar-refractivity contribution is 7.99. The van der Waals surface area contributed by atoms with Gasteiger partial charge in [-0.2, -0.15) is 5.10 Å². The van der Waals surface area contributed by atoms with Gasteiger partial charge in [0.1, 0.15) is 5.82 Å². The summed E-state index contributed by atoms with van der Waals surface area (Å²) in [6.45, 7) is 5.34. The Hall–Kier alpha value is -1.54. The Morgan fingerprint density at radius 2 is 2.15 bits per heavy atom. The van der Waals surface area contributed by atoms with Crippen molar-refractivity contribution < 1.29 is 4.79 Å². The van der Waals surface area contributed by atoms with Crippen molar-refractivity contribution in [1.29, 1.82) is 0 Å². The lowest BCUT2D eigenvalue weighted by Crippen LogP contribution is -2.27. The third kappa shape index (κ3) is 5.25. The summed E-state index contributed by atoms with van der Waals surface area (Å²) < 4.78 is 1.87. The molecule has 1 aliphatic rings. The number of halogens is 1. The summed E-state index contributed by atoms with van der Waals surface area (Å²) in [5, 5.41) is 9.23. The highest BCUT2D eigenvalue weighted by atomic mass is 35.5. The molecule has 1 aliphatic heterocycles. The van der Waals surface area contributed by atoms with Crippen molar-refractivity contribution in [1.82, 2.24) is 25.1 Å². The summed E-state index contributed by atoms with van der Waals surface area (Å²) in [6.07, 6.45) is 6.49. The SMILES string of the molecule is CCCSc1nc(N2CCCC2)c2cnn(CCNC(=O)CCCCl)c2n1. The minimum absolute atomic E-state index is 0.0266. The number of thioether (sulfide) groups is 1. The fourth-order valence-corrected chi connectivity index (χ4v) is 3.95. The van der Waals surface area contributed by atoms with Crippen LogP contribution >= 0.6 is 23.4 Å². The van der Waals surface area contributed by atoms with Crippen molar-refractivity contribution in [2.24, 2.45) is 0 Å². The first kappa shape index (κ1) is 20.2. The molecule has 1 amide bonds. The van der Waals surface area contributed by atoms with Crippen LogP contribution in [0.1, 0.15) is 39.0 Å². The van der Waals surface area contributed by atoms with Crippen molar-refractivity contribution in [3.8, 4) is 0 Å². The molecule has 0 unspecified atom stereocenters. The van der Waals surface area contributed by atoms with Gasteiger partial charge in [0.2, 0.25) is 5.91 Å². The maximum atomic E-state index is 11.8. The molecule has 3 heterocycles. The Labute approximate surface area is 169 Å². The Balaban J connectivity index is 1.77. The quantitative estimate of drug-likeness (QED) is 0.368. The molecule has 1 saturated heterocycles. The predicted molar refractivity (Wildman–Crippen MR) is 111 cm³/mol. The monoisotopic (exact) mass is 410 g/mol. The van der Waals surface area contributed by atoms with Gasteiger partial charge < -0.3 is 10.2 Å². The zero-order chi connectivity index (χ0) is 19.1. The average Bonchev–Trinajstić information content (AvgIpc) is 3.34. The van der Waals surface area contributed by atoms with Crippen LogP contribution in [-0.2, 0) is 11.3 Å². The molecule has 0 radical (unpaired) electrons. The maximum absolute atomic E-state index is 11.8. The second-order valence-electron chi connectivity index (χ2n) is 6.62. The van der Waals surface area contributed by atoms with Gasteiger partial charge in [-0.1, -0.05) is 18.7 Å². The highest BCUT2D eigenvalue weighted by Crippen LogP contribution is 2.29. The van der Waals surface area contributed by atoms with Crippen molar-refractivity contribution in [2.45, 2.75) is 50.7 Å². The first-order valence-corrected chi connectivity index (χ1v) is 11.2. The molecule has 7 nitrogen and oxygen atoms in total. The van der Waals surface area contributed by atoms with E-state index in [0.29, 0.717) is 31.8 Å². The summed E-state index contributed by atoms with van der Waals surface area (Å²) in [5.74, 6) is 2.52. The van der Waals surface area contributed by atoms with Crippen LogP contribution in [0.3, 0.4) is 0 Å². The van der Waals surface area contributed by atoms with E-state index in [0.717, 1.165) is 47.3 Å². The number of carbonyl (C=O) groups is 1. The molecule has 0 aliphatic carbocycles. The number of nitrogens with one attached hydrogen (secondary N) is 1. The summed E-state index contributed by atoms with van der Waals surface area (Å²) in [5.41, 5.74) is 0.848. The largest absolute Gasteiger partial charge is 0.356 e. The zero-order valence-electron chi connectivity index (χ0n) is 15.8. The number of anilines is 1. The summed E-state index contributed by atoms with van der Waals surface area (Å²) >= 11 is 7.32. The number of amides is 1. The second kappa shape index (κ2) is 10.1. The molecule has 1 N–H and O–H groups in total. The molecular formula is C18H27ClN6OS. The number of carbonyl (C=O) groups excluding carboxylic acids is 1. The molecule has 27 heavy (non-hydrogen) atoms. The molecule has 9 heteroatoms. The number of hydrogen-bond acceptors (Lipinski definition) is 6. The van der Waals surface area contributed by atoms with Gasteiger partial charge in [0.15, 0.2) is 10.8 Å².